The molecule has 0 aliphatic rings. The third-order valence-corrected chi connectivity index (χ3v) is 5.20. The van der Waals surface area contributed by atoms with Gasteiger partial charge in [-0.3, -0.25) is 9.67 Å². The molecule has 0 spiro atoms. The summed E-state index contributed by atoms with van der Waals surface area (Å²) in [4.78, 5) is 10.4. The lowest BCUT2D eigenvalue weighted by Gasteiger charge is -2.22. The molecule has 3 N–H and O–H groups in total. The molecule has 1 aromatic carbocycles. The van der Waals surface area contributed by atoms with Crippen LogP contribution in [0.4, 0.5) is 0 Å². The molecule has 1 atom stereocenters. The zero-order chi connectivity index (χ0) is 20.8. The number of benzene rings is 1. The van der Waals surface area contributed by atoms with E-state index in [1.54, 1.807) is 0 Å². The quantitative estimate of drug-likeness (QED) is 0.241. The third-order valence-electron chi connectivity index (χ3n) is 5.20. The van der Waals surface area contributed by atoms with Crippen molar-refractivity contribution < 1.29 is 0 Å². The Morgan fingerprint density at radius 3 is 2.77 bits per heavy atom. The number of hydrogen-bond acceptors (Lipinski definition) is 3. The highest BCUT2D eigenvalue weighted by atomic mass is 127. The van der Waals surface area contributed by atoms with E-state index in [1.807, 2.05) is 17.9 Å². The van der Waals surface area contributed by atoms with Crippen molar-refractivity contribution in [3.63, 3.8) is 0 Å². The molecule has 30 heavy (non-hydrogen) atoms. The molecule has 0 bridgehead atoms. The minimum atomic E-state index is 0. The zero-order valence-electron chi connectivity index (χ0n) is 18.6. The average Bonchev–Trinajstić information content (AvgIpc) is 3.29. The van der Waals surface area contributed by atoms with Crippen molar-refractivity contribution in [3.8, 4) is 0 Å². The first kappa shape index (κ1) is 24.2. The van der Waals surface area contributed by atoms with E-state index < -0.39 is 0 Å². The van der Waals surface area contributed by atoms with E-state index in [0.29, 0.717) is 6.54 Å². The van der Waals surface area contributed by atoms with Gasteiger partial charge in [-0.25, -0.2) is 0 Å². The van der Waals surface area contributed by atoms with Gasteiger partial charge < -0.3 is 20.5 Å². The van der Waals surface area contributed by atoms with Gasteiger partial charge >= 0.3 is 0 Å². The molecule has 0 aliphatic heterocycles. The number of rotatable bonds is 8. The van der Waals surface area contributed by atoms with Gasteiger partial charge in [-0.1, -0.05) is 18.2 Å². The van der Waals surface area contributed by atoms with E-state index >= 15 is 0 Å². The van der Waals surface area contributed by atoms with Crippen LogP contribution >= 0.6 is 24.0 Å². The van der Waals surface area contributed by atoms with Crippen LogP contribution in [0.1, 0.15) is 29.7 Å². The fourth-order valence-electron chi connectivity index (χ4n) is 3.58. The van der Waals surface area contributed by atoms with Crippen LogP contribution in [0.3, 0.4) is 0 Å². The van der Waals surface area contributed by atoms with Crippen LogP contribution in [0, 0.1) is 6.92 Å². The second kappa shape index (κ2) is 11.4. The molecule has 3 aromatic rings. The second-order valence-electron chi connectivity index (χ2n) is 7.63. The Morgan fingerprint density at radius 2 is 2.10 bits per heavy atom. The summed E-state index contributed by atoms with van der Waals surface area (Å²) in [5, 5.41) is 12.4. The fourth-order valence-corrected chi connectivity index (χ4v) is 3.58. The number of halogens is 1. The highest BCUT2D eigenvalue weighted by Gasteiger charge is 2.15. The first-order chi connectivity index (χ1) is 14.0. The van der Waals surface area contributed by atoms with Gasteiger partial charge in [0.15, 0.2) is 5.96 Å². The number of guanidine groups is 1. The molecule has 164 valence electrons. The van der Waals surface area contributed by atoms with Crippen LogP contribution in [0.25, 0.3) is 10.9 Å². The number of likely N-dealkylation sites (N-methyl/N-ethyl adjacent to an activating group) is 1. The van der Waals surface area contributed by atoms with Crippen LogP contribution in [-0.4, -0.2) is 59.4 Å². The smallest absolute Gasteiger partial charge is 0.191 e. The van der Waals surface area contributed by atoms with Crippen molar-refractivity contribution in [2.45, 2.75) is 26.3 Å². The van der Waals surface area contributed by atoms with Crippen molar-refractivity contribution in [1.29, 1.82) is 0 Å². The number of aromatic nitrogens is 3. The summed E-state index contributed by atoms with van der Waals surface area (Å²) in [5.74, 6) is 0.847. The Labute approximate surface area is 196 Å². The first-order valence-electron chi connectivity index (χ1n) is 10.2. The summed E-state index contributed by atoms with van der Waals surface area (Å²) < 4.78 is 1.84. The predicted octanol–water partition coefficient (Wildman–Crippen LogP) is 3.23. The van der Waals surface area contributed by atoms with Crippen molar-refractivity contribution in [2.75, 3.05) is 33.7 Å². The lowest BCUT2D eigenvalue weighted by Crippen LogP contribution is -2.39. The minimum Gasteiger partial charge on any atom is -0.361 e. The maximum atomic E-state index is 4.82. The maximum absolute atomic E-state index is 4.82. The number of para-hydroxylation sites is 1. The fraction of sp³-hybridized carbons (Fsp3) is 0.455. The SMILES string of the molecule is CCNC(=NCC(c1cnn(C)c1)N(C)C)NCCc1c[nH]c2c(C)cccc12.I. The van der Waals surface area contributed by atoms with Gasteiger partial charge in [0.2, 0.25) is 0 Å². The van der Waals surface area contributed by atoms with Gasteiger partial charge in [0.1, 0.15) is 0 Å². The highest BCUT2D eigenvalue weighted by Crippen LogP contribution is 2.21. The molecule has 3 rings (SSSR count). The predicted molar refractivity (Wildman–Crippen MR) is 136 cm³/mol. The number of fused-ring (bicyclic) bond motifs is 1. The highest BCUT2D eigenvalue weighted by molar-refractivity contribution is 14.0. The summed E-state index contributed by atoms with van der Waals surface area (Å²) in [5.41, 5.74) is 5.01. The van der Waals surface area contributed by atoms with Crippen molar-refractivity contribution in [2.24, 2.45) is 12.0 Å². The largest absolute Gasteiger partial charge is 0.361 e. The Bertz CT molecular complexity index is 957. The van der Waals surface area contributed by atoms with Gasteiger partial charge in [0.25, 0.3) is 0 Å². The summed E-state index contributed by atoms with van der Waals surface area (Å²) in [6, 6.07) is 6.63. The Balaban J connectivity index is 0.00000320. The Morgan fingerprint density at radius 1 is 1.30 bits per heavy atom. The third kappa shape index (κ3) is 5.98. The van der Waals surface area contributed by atoms with Gasteiger partial charge in [-0.15, -0.1) is 24.0 Å². The molecule has 0 saturated heterocycles. The maximum Gasteiger partial charge on any atom is 0.191 e. The van der Waals surface area contributed by atoms with Gasteiger partial charge in [-0.05, 0) is 45.5 Å². The molecular formula is C22H34IN7. The Kier molecular flexibility index (Phi) is 9.16. The van der Waals surface area contributed by atoms with Crippen molar-refractivity contribution in [1.82, 2.24) is 30.3 Å². The number of aryl methyl sites for hydroxylation is 2. The van der Waals surface area contributed by atoms with E-state index in [1.165, 1.54) is 27.6 Å². The van der Waals surface area contributed by atoms with Gasteiger partial charge in [0.05, 0.1) is 18.8 Å². The summed E-state index contributed by atoms with van der Waals surface area (Å²) in [7, 11) is 6.09. The molecule has 0 saturated carbocycles. The van der Waals surface area contributed by atoms with Crippen LogP contribution in [0.15, 0.2) is 41.8 Å². The summed E-state index contributed by atoms with van der Waals surface area (Å²) in [6.07, 6.45) is 7.03. The number of hydrogen-bond donors (Lipinski definition) is 3. The molecule has 8 heteroatoms. The number of aliphatic imine (C=N–C) groups is 1. The topological polar surface area (TPSA) is 73.3 Å². The van der Waals surface area contributed by atoms with E-state index in [-0.39, 0.29) is 30.0 Å². The molecule has 0 aliphatic carbocycles. The van der Waals surface area contributed by atoms with Crippen LogP contribution in [0.2, 0.25) is 0 Å². The molecule has 2 aromatic heterocycles. The second-order valence-corrected chi connectivity index (χ2v) is 7.63. The molecular weight excluding hydrogens is 489 g/mol. The Hall–Kier alpha value is -2.07. The lowest BCUT2D eigenvalue weighted by atomic mass is 10.1. The van der Waals surface area contributed by atoms with E-state index in [4.69, 9.17) is 4.99 Å². The molecule has 2 heterocycles. The number of nitrogens with one attached hydrogen (secondary N) is 3. The van der Waals surface area contributed by atoms with Crippen LogP contribution in [0.5, 0.6) is 0 Å². The van der Waals surface area contributed by atoms with Gasteiger partial charge in [0, 0.05) is 49.0 Å². The summed E-state index contributed by atoms with van der Waals surface area (Å²) >= 11 is 0. The standard InChI is InChI=1S/C22H33N7.HI/c1-6-23-22(26-14-20(28(3)4)18-13-27-29(5)15-18)24-11-10-17-12-25-21-16(2)8-7-9-19(17)21;/h7-9,12-13,15,20,25H,6,10-11,14H2,1-5H3,(H2,23,24,26);1H. The first-order valence-corrected chi connectivity index (χ1v) is 10.2. The summed E-state index contributed by atoms with van der Waals surface area (Å²) in [6.45, 7) is 6.55. The average molecular weight is 523 g/mol. The molecule has 0 radical (unpaired) electrons. The lowest BCUT2D eigenvalue weighted by molar-refractivity contribution is 0.306. The van der Waals surface area contributed by atoms with Crippen LogP contribution < -0.4 is 10.6 Å². The zero-order valence-corrected chi connectivity index (χ0v) is 20.9. The van der Waals surface area contributed by atoms with E-state index in [2.05, 4.69) is 84.2 Å². The van der Waals surface area contributed by atoms with Crippen molar-refractivity contribution in [3.05, 3.63) is 53.5 Å². The normalized spacial score (nSPS) is 12.8. The van der Waals surface area contributed by atoms with Crippen molar-refractivity contribution >= 4 is 40.8 Å². The van der Waals surface area contributed by atoms with Crippen LogP contribution in [-0.2, 0) is 13.5 Å². The van der Waals surface area contributed by atoms with E-state index in [0.717, 1.165) is 25.5 Å². The van der Waals surface area contributed by atoms with Gasteiger partial charge in [-0.2, -0.15) is 5.10 Å². The minimum absolute atomic E-state index is 0. The van der Waals surface area contributed by atoms with E-state index in [9.17, 15) is 0 Å². The molecule has 0 amide bonds. The molecule has 0 fully saturated rings. The monoisotopic (exact) mass is 523 g/mol. The number of nitrogens with zero attached hydrogens (tertiary/aromatic N) is 4. The number of H-pyrrole nitrogens is 1. The number of aromatic amines is 1. The molecule has 7 nitrogen and oxygen atoms in total. The molecule has 1 unspecified atom stereocenters.